The highest BCUT2D eigenvalue weighted by atomic mass is 16.4. The molecule has 0 saturated carbocycles. The van der Waals surface area contributed by atoms with Crippen LogP contribution in [0.15, 0.2) is 12.3 Å². The third kappa shape index (κ3) is 1.85. The molecule has 86 valence electrons. The Bertz CT molecular complexity index is 395. The van der Waals surface area contributed by atoms with E-state index in [0.29, 0.717) is 11.9 Å². The highest BCUT2D eigenvalue weighted by Gasteiger charge is 2.27. The SMILES string of the molecule is CCC1CCCN1c1nnccc1C(=O)O. The number of carboxylic acid groups (broad SMARTS) is 1. The summed E-state index contributed by atoms with van der Waals surface area (Å²) in [6.07, 6.45) is 4.62. The Kier molecular flexibility index (Phi) is 3.03. The van der Waals surface area contributed by atoms with Gasteiger partial charge in [0.15, 0.2) is 5.82 Å². The summed E-state index contributed by atoms with van der Waals surface area (Å²) in [7, 11) is 0. The van der Waals surface area contributed by atoms with Crippen molar-refractivity contribution in [3.63, 3.8) is 0 Å². The second kappa shape index (κ2) is 4.47. The third-order valence-electron chi connectivity index (χ3n) is 3.05. The number of nitrogens with zero attached hydrogens (tertiary/aromatic N) is 3. The first kappa shape index (κ1) is 10.9. The van der Waals surface area contributed by atoms with Gasteiger partial charge in [0.05, 0.1) is 6.20 Å². The summed E-state index contributed by atoms with van der Waals surface area (Å²) >= 11 is 0. The summed E-state index contributed by atoms with van der Waals surface area (Å²) in [5, 5.41) is 16.9. The predicted molar refractivity (Wildman–Crippen MR) is 59.7 cm³/mol. The van der Waals surface area contributed by atoms with Crippen molar-refractivity contribution in [1.29, 1.82) is 0 Å². The minimum absolute atomic E-state index is 0.246. The maximum Gasteiger partial charge on any atom is 0.339 e. The van der Waals surface area contributed by atoms with Crippen molar-refractivity contribution in [2.75, 3.05) is 11.4 Å². The fraction of sp³-hybridized carbons (Fsp3) is 0.545. The molecule has 1 fully saturated rings. The smallest absolute Gasteiger partial charge is 0.339 e. The molecule has 1 N–H and O–H groups in total. The van der Waals surface area contributed by atoms with E-state index in [2.05, 4.69) is 22.0 Å². The van der Waals surface area contributed by atoms with Gasteiger partial charge in [-0.2, -0.15) is 5.10 Å². The molecule has 5 nitrogen and oxygen atoms in total. The van der Waals surface area contributed by atoms with Crippen molar-refractivity contribution in [1.82, 2.24) is 10.2 Å². The Hall–Kier alpha value is -1.65. The van der Waals surface area contributed by atoms with Crippen molar-refractivity contribution in [2.24, 2.45) is 0 Å². The monoisotopic (exact) mass is 221 g/mol. The second-order valence-electron chi connectivity index (χ2n) is 3.97. The zero-order valence-corrected chi connectivity index (χ0v) is 9.26. The van der Waals surface area contributed by atoms with Crippen LogP contribution in [-0.2, 0) is 0 Å². The molecule has 1 aliphatic heterocycles. The lowest BCUT2D eigenvalue weighted by atomic mass is 10.1. The number of anilines is 1. The van der Waals surface area contributed by atoms with E-state index < -0.39 is 5.97 Å². The maximum atomic E-state index is 11.1. The van der Waals surface area contributed by atoms with E-state index in [-0.39, 0.29) is 5.56 Å². The van der Waals surface area contributed by atoms with Crippen molar-refractivity contribution in [3.8, 4) is 0 Å². The minimum Gasteiger partial charge on any atom is -0.478 e. The van der Waals surface area contributed by atoms with Crippen LogP contribution in [-0.4, -0.2) is 33.9 Å². The predicted octanol–water partition coefficient (Wildman–Crippen LogP) is 1.55. The number of aromatic nitrogens is 2. The normalized spacial score (nSPS) is 20.1. The van der Waals surface area contributed by atoms with Crippen LogP contribution >= 0.6 is 0 Å². The number of hydrogen-bond acceptors (Lipinski definition) is 4. The third-order valence-corrected chi connectivity index (χ3v) is 3.05. The molecule has 0 aromatic carbocycles. The molecule has 1 aromatic rings. The van der Waals surface area contributed by atoms with Crippen molar-refractivity contribution >= 4 is 11.8 Å². The Balaban J connectivity index is 2.35. The first-order valence-electron chi connectivity index (χ1n) is 5.55. The zero-order valence-electron chi connectivity index (χ0n) is 9.26. The summed E-state index contributed by atoms with van der Waals surface area (Å²) in [5.41, 5.74) is 0.246. The molecule has 0 radical (unpaired) electrons. The van der Waals surface area contributed by atoms with Crippen LogP contribution in [0.4, 0.5) is 5.82 Å². The summed E-state index contributed by atoms with van der Waals surface area (Å²) in [4.78, 5) is 13.1. The number of carbonyl (C=O) groups is 1. The van der Waals surface area contributed by atoms with Gasteiger partial charge in [0.25, 0.3) is 0 Å². The van der Waals surface area contributed by atoms with Gasteiger partial charge in [-0.15, -0.1) is 5.10 Å². The average molecular weight is 221 g/mol. The van der Waals surface area contributed by atoms with Gasteiger partial charge in [-0.25, -0.2) is 4.79 Å². The summed E-state index contributed by atoms with van der Waals surface area (Å²) in [5.74, 6) is -0.425. The fourth-order valence-electron chi connectivity index (χ4n) is 2.24. The van der Waals surface area contributed by atoms with Gasteiger partial charge in [0.2, 0.25) is 0 Å². The van der Waals surface area contributed by atoms with E-state index in [1.807, 2.05) is 0 Å². The molecule has 1 atom stereocenters. The topological polar surface area (TPSA) is 66.3 Å². The molecule has 2 rings (SSSR count). The number of carboxylic acids is 1. The van der Waals surface area contributed by atoms with Crippen LogP contribution in [0.1, 0.15) is 36.5 Å². The Morgan fingerprint density at radius 2 is 2.50 bits per heavy atom. The molecule has 0 aliphatic carbocycles. The minimum atomic E-state index is -0.938. The molecular formula is C11H15N3O2. The molecule has 1 unspecified atom stereocenters. The Labute approximate surface area is 94.1 Å². The summed E-state index contributed by atoms with van der Waals surface area (Å²) in [6, 6.07) is 1.91. The molecule has 2 heterocycles. The zero-order chi connectivity index (χ0) is 11.5. The molecule has 1 aromatic heterocycles. The van der Waals surface area contributed by atoms with Crippen molar-refractivity contribution in [2.45, 2.75) is 32.2 Å². The highest BCUT2D eigenvalue weighted by Crippen LogP contribution is 2.27. The molecule has 16 heavy (non-hydrogen) atoms. The van der Waals surface area contributed by atoms with Gasteiger partial charge in [0, 0.05) is 12.6 Å². The van der Waals surface area contributed by atoms with E-state index in [1.165, 1.54) is 12.3 Å². The lowest BCUT2D eigenvalue weighted by Crippen LogP contribution is -2.31. The summed E-state index contributed by atoms with van der Waals surface area (Å²) < 4.78 is 0. The first-order valence-corrected chi connectivity index (χ1v) is 5.55. The van der Waals surface area contributed by atoms with Gasteiger partial charge in [-0.1, -0.05) is 6.92 Å². The lowest BCUT2D eigenvalue weighted by Gasteiger charge is -2.25. The average Bonchev–Trinajstić information content (AvgIpc) is 2.76. The van der Waals surface area contributed by atoms with Crippen molar-refractivity contribution < 1.29 is 9.90 Å². The van der Waals surface area contributed by atoms with Crippen LogP contribution < -0.4 is 4.90 Å². The molecule has 5 heteroatoms. The van der Waals surface area contributed by atoms with E-state index in [0.717, 1.165) is 25.8 Å². The van der Waals surface area contributed by atoms with Crippen molar-refractivity contribution in [3.05, 3.63) is 17.8 Å². The van der Waals surface area contributed by atoms with Crippen LogP contribution in [0.5, 0.6) is 0 Å². The number of aromatic carboxylic acids is 1. The van der Waals surface area contributed by atoms with E-state index in [9.17, 15) is 4.79 Å². The standard InChI is InChI=1S/C11H15N3O2/c1-2-8-4-3-7-14(8)10-9(11(15)16)5-6-12-13-10/h5-6,8H,2-4,7H2,1H3,(H,15,16). The van der Waals surface area contributed by atoms with Gasteiger partial charge >= 0.3 is 5.97 Å². The van der Waals surface area contributed by atoms with Gasteiger partial charge < -0.3 is 10.0 Å². The molecule has 0 bridgehead atoms. The van der Waals surface area contributed by atoms with E-state index in [4.69, 9.17) is 5.11 Å². The number of hydrogen-bond donors (Lipinski definition) is 1. The molecule has 0 spiro atoms. The van der Waals surface area contributed by atoms with Crippen LogP contribution in [0.2, 0.25) is 0 Å². The Morgan fingerprint density at radius 3 is 3.19 bits per heavy atom. The quantitative estimate of drug-likeness (QED) is 0.838. The summed E-state index contributed by atoms with van der Waals surface area (Å²) in [6.45, 7) is 2.98. The van der Waals surface area contributed by atoms with Crippen LogP contribution in [0.3, 0.4) is 0 Å². The van der Waals surface area contributed by atoms with Gasteiger partial charge in [0.1, 0.15) is 5.56 Å². The van der Waals surface area contributed by atoms with Gasteiger partial charge in [-0.3, -0.25) is 0 Å². The lowest BCUT2D eigenvalue weighted by molar-refractivity contribution is 0.0697. The van der Waals surface area contributed by atoms with Gasteiger partial charge in [-0.05, 0) is 25.3 Å². The van der Waals surface area contributed by atoms with Crippen LogP contribution in [0, 0.1) is 0 Å². The molecule has 0 amide bonds. The van der Waals surface area contributed by atoms with E-state index in [1.54, 1.807) is 0 Å². The Morgan fingerprint density at radius 1 is 1.69 bits per heavy atom. The first-order chi connectivity index (χ1) is 7.74. The molecular weight excluding hydrogens is 206 g/mol. The fourth-order valence-corrected chi connectivity index (χ4v) is 2.24. The van der Waals surface area contributed by atoms with E-state index >= 15 is 0 Å². The molecule has 1 aliphatic rings. The maximum absolute atomic E-state index is 11.1. The highest BCUT2D eigenvalue weighted by molar-refractivity contribution is 5.93. The van der Waals surface area contributed by atoms with Crippen LogP contribution in [0.25, 0.3) is 0 Å². The molecule has 1 saturated heterocycles. The second-order valence-corrected chi connectivity index (χ2v) is 3.97. The largest absolute Gasteiger partial charge is 0.478 e. The number of rotatable bonds is 3.